The maximum atomic E-state index is 10.8. The number of hydrogen-bond donors (Lipinski definition) is 1. The molecule has 0 aliphatic rings. The van der Waals surface area contributed by atoms with E-state index >= 15 is 0 Å². The summed E-state index contributed by atoms with van der Waals surface area (Å²) >= 11 is 12.5. The highest BCUT2D eigenvalue weighted by Gasteiger charge is 2.13. The van der Waals surface area contributed by atoms with Crippen LogP contribution in [0.4, 0.5) is 0 Å². The fourth-order valence-corrected chi connectivity index (χ4v) is 3.24. The maximum absolute atomic E-state index is 10.8. The van der Waals surface area contributed by atoms with E-state index in [1.54, 1.807) is 0 Å². The molecular formula is C21H18Cl2O. The van der Waals surface area contributed by atoms with Crippen LogP contribution in [0.5, 0.6) is 5.75 Å². The summed E-state index contributed by atoms with van der Waals surface area (Å²) in [6.07, 6.45) is 1.20. The van der Waals surface area contributed by atoms with Gasteiger partial charge in [0.05, 0.1) is 0 Å². The van der Waals surface area contributed by atoms with Crippen LogP contribution in [0.1, 0.15) is 27.8 Å². The summed E-state index contributed by atoms with van der Waals surface area (Å²) in [5, 5.41) is 12.2. The van der Waals surface area contributed by atoms with Crippen molar-refractivity contribution in [1.82, 2.24) is 0 Å². The van der Waals surface area contributed by atoms with Crippen LogP contribution in [0.3, 0.4) is 0 Å². The Morgan fingerprint density at radius 3 is 1.83 bits per heavy atom. The summed E-state index contributed by atoms with van der Waals surface area (Å²) < 4.78 is 0. The minimum Gasteiger partial charge on any atom is -0.507 e. The number of hydrogen-bond acceptors (Lipinski definition) is 1. The third-order valence-electron chi connectivity index (χ3n) is 4.26. The van der Waals surface area contributed by atoms with E-state index in [0.717, 1.165) is 27.8 Å². The zero-order valence-corrected chi connectivity index (χ0v) is 14.9. The molecule has 0 saturated heterocycles. The van der Waals surface area contributed by atoms with Crippen LogP contribution < -0.4 is 0 Å². The minimum absolute atomic E-state index is 0.329. The lowest BCUT2D eigenvalue weighted by molar-refractivity contribution is 0.463. The SMILES string of the molecule is Cc1ccc(Cc2ccccc2Cl)c(O)c1Cc1ccccc1Cl. The van der Waals surface area contributed by atoms with Crippen LogP contribution in [0, 0.1) is 6.92 Å². The Morgan fingerprint density at radius 2 is 1.25 bits per heavy atom. The second kappa shape index (κ2) is 7.29. The molecule has 0 spiro atoms. The fourth-order valence-electron chi connectivity index (χ4n) is 2.83. The highest BCUT2D eigenvalue weighted by molar-refractivity contribution is 6.31. The highest BCUT2D eigenvalue weighted by atomic mass is 35.5. The molecule has 0 amide bonds. The molecular weight excluding hydrogens is 339 g/mol. The predicted octanol–water partition coefficient (Wildman–Crippen LogP) is 6.19. The van der Waals surface area contributed by atoms with Crippen molar-refractivity contribution >= 4 is 23.2 Å². The van der Waals surface area contributed by atoms with Crippen molar-refractivity contribution in [2.45, 2.75) is 19.8 Å². The number of aromatic hydroxyl groups is 1. The average molecular weight is 357 g/mol. The molecule has 0 aliphatic heterocycles. The van der Waals surface area contributed by atoms with Crippen molar-refractivity contribution in [3.05, 3.63) is 98.5 Å². The molecule has 3 rings (SSSR count). The average Bonchev–Trinajstić information content (AvgIpc) is 2.57. The van der Waals surface area contributed by atoms with Crippen molar-refractivity contribution in [2.75, 3.05) is 0 Å². The minimum atomic E-state index is 0.329. The first-order chi connectivity index (χ1) is 11.6. The first-order valence-corrected chi connectivity index (χ1v) is 8.59. The van der Waals surface area contributed by atoms with Gasteiger partial charge in [0.25, 0.3) is 0 Å². The maximum Gasteiger partial charge on any atom is 0.122 e. The van der Waals surface area contributed by atoms with E-state index in [9.17, 15) is 5.11 Å². The van der Waals surface area contributed by atoms with Gasteiger partial charge >= 0.3 is 0 Å². The Morgan fingerprint density at radius 1 is 0.708 bits per heavy atom. The molecule has 0 fully saturated rings. The van der Waals surface area contributed by atoms with Gasteiger partial charge in [-0.05, 0) is 41.3 Å². The molecule has 0 atom stereocenters. The van der Waals surface area contributed by atoms with E-state index in [0.29, 0.717) is 28.6 Å². The van der Waals surface area contributed by atoms with E-state index in [1.165, 1.54) is 0 Å². The van der Waals surface area contributed by atoms with Gasteiger partial charge in [0.1, 0.15) is 5.75 Å². The Labute approximate surface area is 152 Å². The van der Waals surface area contributed by atoms with E-state index in [1.807, 2.05) is 67.6 Å². The number of benzene rings is 3. The molecule has 0 radical (unpaired) electrons. The summed E-state index contributed by atoms with van der Waals surface area (Å²) in [5.74, 6) is 0.329. The summed E-state index contributed by atoms with van der Waals surface area (Å²) in [7, 11) is 0. The molecule has 3 aromatic rings. The molecule has 3 aromatic carbocycles. The Balaban J connectivity index is 1.96. The quantitative estimate of drug-likeness (QED) is 0.590. The van der Waals surface area contributed by atoms with Crippen molar-refractivity contribution < 1.29 is 5.11 Å². The van der Waals surface area contributed by atoms with Crippen LogP contribution in [-0.4, -0.2) is 5.11 Å². The van der Waals surface area contributed by atoms with Gasteiger partial charge in [-0.3, -0.25) is 0 Å². The van der Waals surface area contributed by atoms with E-state index in [4.69, 9.17) is 23.2 Å². The first kappa shape index (κ1) is 16.9. The largest absolute Gasteiger partial charge is 0.507 e. The molecule has 0 aromatic heterocycles. The van der Waals surface area contributed by atoms with Gasteiger partial charge < -0.3 is 5.11 Å². The zero-order valence-electron chi connectivity index (χ0n) is 13.4. The van der Waals surface area contributed by atoms with Gasteiger partial charge in [0.15, 0.2) is 0 Å². The van der Waals surface area contributed by atoms with Gasteiger partial charge in [-0.2, -0.15) is 0 Å². The van der Waals surface area contributed by atoms with Crippen LogP contribution in [-0.2, 0) is 12.8 Å². The molecule has 3 heteroatoms. The number of rotatable bonds is 4. The van der Waals surface area contributed by atoms with Gasteiger partial charge in [-0.1, -0.05) is 71.7 Å². The Hall–Kier alpha value is -1.96. The molecule has 0 aliphatic carbocycles. The van der Waals surface area contributed by atoms with Crippen LogP contribution >= 0.6 is 23.2 Å². The highest BCUT2D eigenvalue weighted by Crippen LogP contribution is 2.32. The third-order valence-corrected chi connectivity index (χ3v) is 5.00. The monoisotopic (exact) mass is 356 g/mol. The van der Waals surface area contributed by atoms with E-state index in [2.05, 4.69) is 0 Å². The lowest BCUT2D eigenvalue weighted by atomic mass is 9.94. The van der Waals surface area contributed by atoms with E-state index in [-0.39, 0.29) is 0 Å². The molecule has 122 valence electrons. The second-order valence-corrected chi connectivity index (χ2v) is 6.72. The van der Waals surface area contributed by atoms with Gasteiger partial charge in [-0.15, -0.1) is 0 Å². The zero-order chi connectivity index (χ0) is 17.1. The fraction of sp³-hybridized carbons (Fsp3) is 0.143. The van der Waals surface area contributed by atoms with Crippen molar-refractivity contribution in [3.63, 3.8) is 0 Å². The summed E-state index contributed by atoms with van der Waals surface area (Å²) in [6.45, 7) is 2.01. The lowest BCUT2D eigenvalue weighted by Gasteiger charge is -2.14. The van der Waals surface area contributed by atoms with Crippen molar-refractivity contribution in [2.24, 2.45) is 0 Å². The molecule has 1 nitrogen and oxygen atoms in total. The van der Waals surface area contributed by atoms with Crippen molar-refractivity contribution in [1.29, 1.82) is 0 Å². The number of aryl methyl sites for hydroxylation is 1. The topological polar surface area (TPSA) is 20.2 Å². The smallest absolute Gasteiger partial charge is 0.122 e. The lowest BCUT2D eigenvalue weighted by Crippen LogP contribution is -1.98. The van der Waals surface area contributed by atoms with E-state index < -0.39 is 0 Å². The molecule has 0 bridgehead atoms. The Kier molecular flexibility index (Phi) is 5.13. The predicted molar refractivity (Wildman–Crippen MR) is 101 cm³/mol. The molecule has 24 heavy (non-hydrogen) atoms. The summed E-state index contributed by atoms with van der Waals surface area (Å²) in [6, 6.07) is 19.4. The molecule has 0 unspecified atom stereocenters. The normalized spacial score (nSPS) is 10.8. The van der Waals surface area contributed by atoms with Crippen molar-refractivity contribution in [3.8, 4) is 5.75 Å². The number of halogens is 2. The summed E-state index contributed by atoms with van der Waals surface area (Å²) in [5.41, 5.74) is 4.84. The second-order valence-electron chi connectivity index (χ2n) is 5.91. The number of phenols is 1. The number of phenolic OH excluding ortho intramolecular Hbond substituents is 1. The van der Waals surface area contributed by atoms with Crippen LogP contribution in [0.15, 0.2) is 60.7 Å². The summed E-state index contributed by atoms with van der Waals surface area (Å²) in [4.78, 5) is 0. The van der Waals surface area contributed by atoms with Crippen LogP contribution in [0.2, 0.25) is 10.0 Å². The molecule has 1 N–H and O–H groups in total. The molecule has 0 heterocycles. The molecule has 0 saturated carbocycles. The van der Waals surface area contributed by atoms with Gasteiger partial charge in [-0.25, -0.2) is 0 Å². The van der Waals surface area contributed by atoms with Gasteiger partial charge in [0, 0.05) is 28.5 Å². The van der Waals surface area contributed by atoms with Crippen LogP contribution in [0.25, 0.3) is 0 Å². The third kappa shape index (κ3) is 3.58. The van der Waals surface area contributed by atoms with Gasteiger partial charge in [0.2, 0.25) is 0 Å². The first-order valence-electron chi connectivity index (χ1n) is 7.83. The Bertz CT molecular complexity index is 871. The standard InChI is InChI=1S/C21H18Cl2O/c1-14-10-11-17(12-15-6-2-4-8-19(15)22)21(24)18(14)13-16-7-3-5-9-20(16)23/h2-11,24H,12-13H2,1H3.